The number of hydrogen-bond donors (Lipinski definition) is 25. The summed E-state index contributed by atoms with van der Waals surface area (Å²) in [5.41, 5.74) is 26.6. The summed E-state index contributed by atoms with van der Waals surface area (Å²) in [6.45, 7) is 21.8. The molecule has 26 atom stereocenters. The molecule has 736 valence electrons. The molecular formula is C85H133N19O28. The van der Waals surface area contributed by atoms with Crippen molar-refractivity contribution >= 4 is 70.4 Å². The minimum Gasteiger partial charge on any atom is -0.507 e. The number of esters is 1. The van der Waals surface area contributed by atoms with E-state index in [4.69, 9.17) is 82.6 Å². The van der Waals surface area contributed by atoms with Gasteiger partial charge in [-0.15, -0.1) is 0 Å². The zero-order valence-corrected chi connectivity index (χ0v) is 76.2. The average molecular weight is 1870 g/mol. The number of benzene rings is 2. The number of amides is 3. The summed E-state index contributed by atoms with van der Waals surface area (Å²) >= 11 is 0. The number of allylic oxidation sites excluding steroid dienone is 2. The maximum Gasteiger partial charge on any atom is 0.312 e. The van der Waals surface area contributed by atoms with Gasteiger partial charge in [0.15, 0.2) is 42.1 Å². The van der Waals surface area contributed by atoms with Gasteiger partial charge in [0.1, 0.15) is 90.0 Å². The molecule has 1 saturated carbocycles. The summed E-state index contributed by atoms with van der Waals surface area (Å²) in [7, 11) is 4.84. The van der Waals surface area contributed by atoms with Gasteiger partial charge < -0.3 is 164 Å². The number of nitrogens with one attached hydrogen (secondary N) is 5. The molecule has 47 heteroatoms. The Morgan fingerprint density at radius 2 is 1.35 bits per heavy atom. The Balaban J connectivity index is 0.000000310. The van der Waals surface area contributed by atoms with E-state index in [9.17, 15) is 90.0 Å². The van der Waals surface area contributed by atoms with Crippen LogP contribution in [0.5, 0.6) is 23.0 Å². The topological polar surface area (TPSA) is 758 Å². The lowest BCUT2D eigenvalue weighted by atomic mass is 9.78. The van der Waals surface area contributed by atoms with Crippen molar-refractivity contribution in [2.45, 2.75) is 223 Å². The number of carbonyl (C=O) groups is 6. The Morgan fingerprint density at radius 1 is 0.735 bits per heavy atom. The summed E-state index contributed by atoms with van der Waals surface area (Å²) in [4.78, 5) is 94.4. The number of aliphatic imine (C=N–C) groups is 2. The number of rotatable bonds is 24. The van der Waals surface area contributed by atoms with Crippen LogP contribution in [0.3, 0.4) is 0 Å². The summed E-state index contributed by atoms with van der Waals surface area (Å²) in [5, 5.41) is 168. The molecule has 3 amide bonds. The first kappa shape index (κ1) is 110. The number of hydrogen-bond acceptors (Lipinski definition) is 40. The number of hydrazine groups is 1. The van der Waals surface area contributed by atoms with E-state index in [0.29, 0.717) is 18.7 Å². The number of fused-ring (bicyclic) bond motifs is 14. The number of methoxy groups -OCH3 is 1. The molecular weight excluding hydrogens is 1740 g/mol. The van der Waals surface area contributed by atoms with Gasteiger partial charge in [-0.25, -0.2) is 20.8 Å². The fourth-order valence-electron chi connectivity index (χ4n) is 15.2. The number of nitrogens with two attached hydrogens (primary N) is 6. The maximum atomic E-state index is 14.4. The lowest BCUT2D eigenvalue weighted by molar-refractivity contribution is -0.314. The SMILES string of the molecule is CC[C@@H](CO)NCCN[C@@H](CC)CO.CN[C@@H]1[C@H](O[C@H]2[C@H](O[C@H]3[C@H](O)[C@@H](O)[C@H](N=C(N)N)[C@@H](O)[C@@H]3N=C(N)N)O[C@@H](C)[C@]2(O)C=O)O[C@@H](CO)[C@H](O)[C@H]1O.CO[C@H]1/C=C/O[C@@]2(C)Oc3c(C)c(O)c4c(O)c(c(/C=N\N5CCN(C)CC5)c(O)c4c3C2=O)NC(=O)/C(C)=C\C=C\[C@H](C)[C@@H](O)[C@@H](C)[C@@H](O)[C@@H](C)[C@H](OC(C)=O)[C@H]1C.NC(=O)c1cnccn1.NNC(=O)c1ccncc1. The van der Waals surface area contributed by atoms with Crippen LogP contribution in [0.15, 0.2) is 94.3 Å². The van der Waals surface area contributed by atoms with Gasteiger partial charge in [0.2, 0.25) is 0 Å². The van der Waals surface area contributed by atoms with Gasteiger partial charge >= 0.3 is 11.8 Å². The highest BCUT2D eigenvalue weighted by molar-refractivity contribution is 6.24. The summed E-state index contributed by atoms with van der Waals surface area (Å²) in [5.74, 6) is -5.35. The molecule has 0 spiro atoms. The molecule has 4 aromatic rings. The standard InChI is InChI=1S/C43H58N4O12.C21H39N7O12.C10H24N2O2.C6H7N3O.C5H5N3O/c1-21-12-11-13-22(2)42(55)45-33-28(20-44-47-17-15-46(9)16-18-47)37(52)30-31(38(33)53)36(51)26(6)40-32(30)41(54)43(8,59-40)57-19-14-29(56-10)23(3)39(58-27(7)48)25(5)35(50)24(4)34(21)49;1-5-21(36,4-30)16(40-17-9(26-2)13(34)10(31)6(3-29)38-17)18(37-5)39-15-8(28-20(24)25)11(32)7(27-19(22)23)12(33)14(15)35;1-3-9(7-13)11-5-6-12-10(4-2)8-14;7-9-6(10)5-1-3-8-4-2-5;6-5(9)4-3-7-1-2-8-4/h11-14,19-21,23-25,29,34-35,39,49-53H,15-18H2,1-10H3,(H,45,55);4-18,26,29,31-36H,3H2,1-2H3,(H4,22,23,27)(H4,24,25,28);9-14H,3-8H2,1-2H3;1-4H,7H2,(H,9,10);1-3H,(H2,6,9)/b12-11+,19-14+,22-13-,44-20-;;;;/t21-,23-,24+,25+,29-,34+,35+,39+,43-;5-,6-,7+,8-,9-,10-,11+,12-,13-,14+,15+,16-,17-,18-,21+;9-,10-;;/m000../s1. The number of ketones is 1. The molecule has 4 fully saturated rings. The van der Waals surface area contributed by atoms with Gasteiger partial charge in [-0.1, -0.05) is 59.8 Å². The van der Waals surface area contributed by atoms with E-state index in [-0.39, 0.29) is 87.7 Å². The Hall–Kier alpha value is -10.5. The van der Waals surface area contributed by atoms with Crippen molar-refractivity contribution < 1.29 is 138 Å². The first-order valence-corrected chi connectivity index (χ1v) is 42.7. The number of carbonyl (C=O) groups excluding carboxylic acids is 6. The number of aromatic nitrogens is 3. The van der Waals surface area contributed by atoms with Crippen LogP contribution in [0.25, 0.3) is 10.8 Å². The van der Waals surface area contributed by atoms with Gasteiger partial charge in [-0.05, 0) is 65.9 Å². The Morgan fingerprint density at radius 3 is 1.87 bits per heavy atom. The highest BCUT2D eigenvalue weighted by Gasteiger charge is 2.61. The number of aromatic hydroxyl groups is 3. The van der Waals surface area contributed by atoms with Crippen LogP contribution in [-0.4, -0.2) is 364 Å². The van der Waals surface area contributed by atoms with Gasteiger partial charge in [-0.2, -0.15) is 5.10 Å². The van der Waals surface area contributed by atoms with Crippen LogP contribution in [0.2, 0.25) is 0 Å². The Kier molecular flexibility index (Phi) is 42.7. The van der Waals surface area contributed by atoms with Crippen molar-refractivity contribution in [2.75, 3.05) is 85.6 Å². The molecule has 2 aromatic carbocycles. The molecule has 7 aliphatic rings. The first-order chi connectivity index (χ1) is 62.4. The van der Waals surface area contributed by atoms with Crippen molar-refractivity contribution in [1.29, 1.82) is 0 Å². The first-order valence-electron chi connectivity index (χ1n) is 42.7. The second-order valence-electron chi connectivity index (χ2n) is 32.7. The van der Waals surface area contributed by atoms with Crippen molar-refractivity contribution in [3.05, 3.63) is 107 Å². The van der Waals surface area contributed by atoms with Gasteiger partial charge in [0.25, 0.3) is 23.5 Å². The Labute approximate surface area is 763 Å². The number of nitrogens with zero attached hydrogens (tertiary/aromatic N) is 8. The van der Waals surface area contributed by atoms with Crippen molar-refractivity contribution in [3.63, 3.8) is 0 Å². The third-order valence-corrected chi connectivity index (χ3v) is 23.5. The van der Waals surface area contributed by atoms with Crippen LogP contribution in [-0.2, 0) is 47.5 Å². The number of aliphatic hydroxyl groups excluding tert-OH is 10. The van der Waals surface area contributed by atoms with E-state index in [0.717, 1.165) is 39.0 Å². The van der Waals surface area contributed by atoms with E-state index in [1.54, 1.807) is 57.0 Å². The molecule has 5 bridgehead atoms. The third kappa shape index (κ3) is 27.6. The molecule has 0 radical (unpaired) electrons. The van der Waals surface area contributed by atoms with E-state index in [1.165, 1.54) is 104 Å². The second kappa shape index (κ2) is 51.1. The van der Waals surface area contributed by atoms with E-state index in [2.05, 4.69) is 56.2 Å². The number of phenols is 3. The van der Waals surface area contributed by atoms with Crippen molar-refractivity contribution in [2.24, 2.45) is 73.3 Å². The molecule has 8 heterocycles. The zero-order valence-electron chi connectivity index (χ0n) is 76.2. The predicted molar refractivity (Wildman–Crippen MR) is 478 cm³/mol. The molecule has 132 heavy (non-hydrogen) atoms. The number of nitrogen functional groups attached to an aromatic ring is 1. The van der Waals surface area contributed by atoms with Crippen molar-refractivity contribution in [1.82, 2.24) is 46.2 Å². The number of guanidine groups is 2. The van der Waals surface area contributed by atoms with Crippen LogP contribution >= 0.6 is 0 Å². The highest BCUT2D eigenvalue weighted by atomic mass is 16.8. The molecule has 1 aliphatic carbocycles. The molecule has 31 N–H and O–H groups in total. The predicted octanol–water partition coefficient (Wildman–Crippen LogP) is -4.86. The monoisotopic (exact) mass is 1870 g/mol. The van der Waals surface area contributed by atoms with Gasteiger partial charge in [-0.3, -0.25) is 49.2 Å². The van der Waals surface area contributed by atoms with Crippen LogP contribution in [0, 0.1) is 30.6 Å². The third-order valence-electron chi connectivity index (χ3n) is 23.5. The van der Waals surface area contributed by atoms with Gasteiger partial charge in [0, 0.05) is 143 Å². The number of pyridine rings is 1. The number of piperazine rings is 1. The quantitative estimate of drug-likeness (QED) is 0.00299. The largest absolute Gasteiger partial charge is 0.507 e. The number of likely N-dealkylation sites (N-methyl/N-ethyl adjacent to an activating group) is 2. The number of aldehydes is 1. The van der Waals surface area contributed by atoms with E-state index in [1.807, 2.05) is 26.3 Å². The van der Waals surface area contributed by atoms with Crippen molar-refractivity contribution in [3.8, 4) is 23.0 Å². The fourth-order valence-corrected chi connectivity index (χ4v) is 15.2. The summed E-state index contributed by atoms with van der Waals surface area (Å²) in [6.07, 6.45) is -3.30. The number of ether oxygens (including phenoxy) is 8. The lowest BCUT2D eigenvalue weighted by Gasteiger charge is -2.45. The molecule has 0 unspecified atom stereocenters. The highest BCUT2D eigenvalue weighted by Crippen LogP contribution is 2.55. The molecule has 11 rings (SSSR count). The number of aliphatic hydroxyl groups is 11. The fraction of sp³-hybridized carbons (Fsp3) is 0.600. The molecule has 6 aliphatic heterocycles. The molecule has 3 saturated heterocycles. The minimum atomic E-state index is -2.38. The number of anilines is 1. The average Bonchev–Trinajstić information content (AvgIpc) is 1.57. The summed E-state index contributed by atoms with van der Waals surface area (Å²) in [6, 6.07) is -0.510. The lowest BCUT2D eigenvalue weighted by Crippen LogP contribution is -2.66. The van der Waals surface area contributed by atoms with Crippen LogP contribution in [0.4, 0.5) is 5.69 Å². The maximum absolute atomic E-state index is 14.4. The van der Waals surface area contributed by atoms with E-state index < -0.39 is 204 Å². The Bertz CT molecular complexity index is 4590. The smallest absolute Gasteiger partial charge is 0.312 e. The zero-order chi connectivity index (χ0) is 98.7. The second-order valence-corrected chi connectivity index (χ2v) is 32.7. The summed E-state index contributed by atoms with van der Waals surface area (Å²) < 4.78 is 46.5. The number of Topliss-reactive ketones (excluding diaryl/α,β-unsaturated/α-hetero) is 1. The van der Waals surface area contributed by atoms with Gasteiger partial charge in [0.05, 0.1) is 91.2 Å². The minimum absolute atomic E-state index is 0.0559. The van der Waals surface area contributed by atoms with Crippen LogP contribution in [0.1, 0.15) is 124 Å². The number of phenolic OH excluding ortho intramolecular Hbond substituents is 3. The normalized spacial score (nSPS) is 31.6. The number of primary amides is 1. The van der Waals surface area contributed by atoms with Crippen LogP contribution < -0.4 is 65.9 Å². The molecule has 2 aromatic heterocycles. The number of hydrazone groups is 1. The molecule has 47 nitrogen and oxygen atoms in total. The van der Waals surface area contributed by atoms with E-state index >= 15 is 0 Å².